The largest absolute Gasteiger partial charge is 0.444 e. The van der Waals surface area contributed by atoms with E-state index in [2.05, 4.69) is 49.2 Å². The van der Waals surface area contributed by atoms with E-state index in [9.17, 15) is 9.59 Å². The first-order valence-corrected chi connectivity index (χ1v) is 11.4. The van der Waals surface area contributed by atoms with Crippen LogP contribution in [0, 0.1) is 5.92 Å². The van der Waals surface area contributed by atoms with E-state index in [4.69, 9.17) is 4.74 Å². The van der Waals surface area contributed by atoms with Gasteiger partial charge in [0.25, 0.3) is 0 Å². The Morgan fingerprint density at radius 2 is 1.68 bits per heavy atom. The Morgan fingerprint density at radius 3 is 2.29 bits per heavy atom. The molecule has 7 nitrogen and oxygen atoms in total. The number of carbonyl (C=O) groups excluding carboxylic acids is 2. The molecule has 172 valence electrons. The molecule has 0 aliphatic carbocycles. The van der Waals surface area contributed by atoms with Crippen LogP contribution in [0.15, 0.2) is 18.2 Å². The molecular formula is C24H38N4O3. The average molecular weight is 431 g/mol. The van der Waals surface area contributed by atoms with Gasteiger partial charge in [-0.3, -0.25) is 9.69 Å². The van der Waals surface area contributed by atoms with Crippen molar-refractivity contribution in [2.24, 2.45) is 5.92 Å². The summed E-state index contributed by atoms with van der Waals surface area (Å²) in [6, 6.07) is 6.83. The maximum Gasteiger partial charge on any atom is 0.410 e. The molecule has 0 spiro atoms. The van der Waals surface area contributed by atoms with Crippen LogP contribution >= 0.6 is 0 Å². The second kappa shape index (κ2) is 9.47. The number of nitrogens with zero attached hydrogens (tertiary/aromatic N) is 3. The van der Waals surface area contributed by atoms with Crippen LogP contribution in [0.2, 0.25) is 0 Å². The van der Waals surface area contributed by atoms with E-state index in [-0.39, 0.29) is 18.5 Å². The van der Waals surface area contributed by atoms with E-state index in [0.29, 0.717) is 38.1 Å². The van der Waals surface area contributed by atoms with Gasteiger partial charge in [-0.25, -0.2) is 4.79 Å². The van der Waals surface area contributed by atoms with Gasteiger partial charge in [-0.05, 0) is 50.8 Å². The van der Waals surface area contributed by atoms with Crippen molar-refractivity contribution in [1.29, 1.82) is 0 Å². The molecule has 2 amide bonds. The van der Waals surface area contributed by atoms with Crippen molar-refractivity contribution < 1.29 is 14.3 Å². The number of carbonyl (C=O) groups is 2. The first kappa shape index (κ1) is 23.4. The Kier molecular flexibility index (Phi) is 7.14. The van der Waals surface area contributed by atoms with Crippen LogP contribution in [-0.2, 0) is 22.6 Å². The van der Waals surface area contributed by atoms with Crippen LogP contribution in [0.5, 0.6) is 0 Å². The fourth-order valence-corrected chi connectivity index (χ4v) is 4.07. The number of nitrogens with one attached hydrogen (secondary N) is 1. The van der Waals surface area contributed by atoms with Gasteiger partial charge >= 0.3 is 6.09 Å². The molecule has 1 aromatic rings. The number of piperazine rings is 1. The minimum Gasteiger partial charge on any atom is -0.444 e. The molecule has 1 unspecified atom stereocenters. The van der Waals surface area contributed by atoms with Gasteiger partial charge in [0, 0.05) is 51.0 Å². The molecule has 1 fully saturated rings. The Hall–Kier alpha value is -2.28. The predicted octanol–water partition coefficient (Wildman–Crippen LogP) is 3.54. The molecule has 1 saturated heterocycles. The zero-order valence-electron chi connectivity index (χ0n) is 19.9. The number of ether oxygens (including phenoxy) is 1. The molecule has 2 aliphatic heterocycles. The third kappa shape index (κ3) is 5.91. The van der Waals surface area contributed by atoms with Gasteiger partial charge < -0.3 is 19.9 Å². The molecule has 3 rings (SSSR count). The van der Waals surface area contributed by atoms with Crippen molar-refractivity contribution in [1.82, 2.24) is 14.7 Å². The van der Waals surface area contributed by atoms with Gasteiger partial charge in [0.2, 0.25) is 5.91 Å². The van der Waals surface area contributed by atoms with E-state index in [1.807, 2.05) is 25.7 Å². The van der Waals surface area contributed by atoms with Gasteiger partial charge in [-0.15, -0.1) is 0 Å². The quantitative estimate of drug-likeness (QED) is 0.774. The highest BCUT2D eigenvalue weighted by Crippen LogP contribution is 2.31. The fraction of sp³-hybridized carbons (Fsp3) is 0.667. The third-order valence-corrected chi connectivity index (χ3v) is 6.26. The second-order valence-corrected chi connectivity index (χ2v) is 10.0. The lowest BCUT2D eigenvalue weighted by Gasteiger charge is -2.35. The standard InChI is InChI=1S/C24H38N4O3/c1-17(2)18(3)28-15-19-8-7-9-21(20(19)16-28)25-14-22(29)26-10-12-27(13-11-26)23(30)31-24(4,5)6/h7-9,17-18,25H,10-16H2,1-6H3. The zero-order valence-corrected chi connectivity index (χ0v) is 19.9. The summed E-state index contributed by atoms with van der Waals surface area (Å²) in [5, 5.41) is 3.37. The van der Waals surface area contributed by atoms with E-state index in [0.717, 1.165) is 18.8 Å². The lowest BCUT2D eigenvalue weighted by molar-refractivity contribution is -0.131. The Morgan fingerprint density at radius 1 is 1.03 bits per heavy atom. The summed E-state index contributed by atoms with van der Waals surface area (Å²) in [5.41, 5.74) is 3.19. The van der Waals surface area contributed by atoms with Crippen molar-refractivity contribution in [3.8, 4) is 0 Å². The van der Waals surface area contributed by atoms with Gasteiger partial charge in [-0.2, -0.15) is 0 Å². The summed E-state index contributed by atoms with van der Waals surface area (Å²) in [4.78, 5) is 31.0. The molecule has 0 bridgehead atoms. The molecule has 0 aromatic heterocycles. The van der Waals surface area contributed by atoms with E-state index in [1.54, 1.807) is 4.90 Å². The topological polar surface area (TPSA) is 65.1 Å². The highest BCUT2D eigenvalue weighted by atomic mass is 16.6. The van der Waals surface area contributed by atoms with E-state index >= 15 is 0 Å². The number of amides is 2. The molecule has 2 aliphatic rings. The lowest BCUT2D eigenvalue weighted by atomic mass is 10.1. The Balaban J connectivity index is 1.51. The zero-order chi connectivity index (χ0) is 22.8. The third-order valence-electron chi connectivity index (χ3n) is 6.26. The average Bonchev–Trinajstić information content (AvgIpc) is 3.15. The van der Waals surface area contributed by atoms with Gasteiger partial charge in [0.1, 0.15) is 5.60 Å². The SMILES string of the molecule is CC(C)C(C)N1Cc2cccc(NCC(=O)N3CCN(C(=O)OC(C)(C)C)CC3)c2C1. The van der Waals surface area contributed by atoms with Crippen LogP contribution in [0.3, 0.4) is 0 Å². The lowest BCUT2D eigenvalue weighted by Crippen LogP contribution is -2.52. The van der Waals surface area contributed by atoms with Crippen molar-refractivity contribution >= 4 is 17.7 Å². The molecule has 0 radical (unpaired) electrons. The summed E-state index contributed by atoms with van der Waals surface area (Å²) < 4.78 is 5.43. The first-order chi connectivity index (χ1) is 14.5. The summed E-state index contributed by atoms with van der Waals surface area (Å²) in [5.74, 6) is 0.665. The minimum atomic E-state index is -0.507. The Labute approximate surface area is 186 Å². The van der Waals surface area contributed by atoms with Crippen molar-refractivity contribution in [3.05, 3.63) is 29.3 Å². The summed E-state index contributed by atoms with van der Waals surface area (Å²) in [6.45, 7) is 16.6. The normalized spacial score (nSPS) is 18.2. The van der Waals surface area contributed by atoms with Crippen LogP contribution < -0.4 is 5.32 Å². The highest BCUT2D eigenvalue weighted by molar-refractivity contribution is 5.81. The maximum absolute atomic E-state index is 12.8. The minimum absolute atomic E-state index is 0.0619. The number of hydrogen-bond acceptors (Lipinski definition) is 5. The van der Waals surface area contributed by atoms with Gasteiger partial charge in [0.05, 0.1) is 6.54 Å². The van der Waals surface area contributed by atoms with Crippen molar-refractivity contribution in [2.75, 3.05) is 38.0 Å². The number of anilines is 1. The van der Waals surface area contributed by atoms with Crippen LogP contribution in [0.25, 0.3) is 0 Å². The molecule has 31 heavy (non-hydrogen) atoms. The number of benzene rings is 1. The first-order valence-electron chi connectivity index (χ1n) is 11.4. The molecule has 1 atom stereocenters. The molecule has 2 heterocycles. The second-order valence-electron chi connectivity index (χ2n) is 10.0. The monoisotopic (exact) mass is 430 g/mol. The van der Waals surface area contributed by atoms with E-state index < -0.39 is 5.60 Å². The van der Waals surface area contributed by atoms with Crippen LogP contribution in [0.4, 0.5) is 10.5 Å². The number of hydrogen-bond donors (Lipinski definition) is 1. The maximum atomic E-state index is 12.8. The molecule has 7 heteroatoms. The molecular weight excluding hydrogens is 392 g/mol. The Bertz CT molecular complexity index is 795. The smallest absolute Gasteiger partial charge is 0.410 e. The van der Waals surface area contributed by atoms with Crippen molar-refractivity contribution in [2.45, 2.75) is 66.3 Å². The number of fused-ring (bicyclic) bond motifs is 1. The number of rotatable bonds is 5. The molecule has 1 aromatic carbocycles. The fourth-order valence-electron chi connectivity index (χ4n) is 4.07. The summed E-state index contributed by atoms with van der Waals surface area (Å²) in [6.07, 6.45) is -0.308. The molecule has 0 saturated carbocycles. The highest BCUT2D eigenvalue weighted by Gasteiger charge is 2.29. The van der Waals surface area contributed by atoms with Crippen molar-refractivity contribution in [3.63, 3.8) is 0 Å². The summed E-state index contributed by atoms with van der Waals surface area (Å²) in [7, 11) is 0. The molecule has 1 N–H and O–H groups in total. The van der Waals surface area contributed by atoms with Gasteiger partial charge in [0.15, 0.2) is 0 Å². The predicted molar refractivity (Wildman–Crippen MR) is 123 cm³/mol. The van der Waals surface area contributed by atoms with E-state index in [1.165, 1.54) is 11.1 Å². The van der Waals surface area contributed by atoms with Crippen LogP contribution in [0.1, 0.15) is 52.7 Å². The summed E-state index contributed by atoms with van der Waals surface area (Å²) >= 11 is 0. The van der Waals surface area contributed by atoms with Crippen LogP contribution in [-0.4, -0.2) is 71.1 Å². The van der Waals surface area contributed by atoms with Gasteiger partial charge in [-0.1, -0.05) is 26.0 Å².